The van der Waals surface area contributed by atoms with E-state index in [1.165, 1.54) is 0 Å². The zero-order valence-electron chi connectivity index (χ0n) is 12.0. The normalized spacial score (nSPS) is 19.4. The van der Waals surface area contributed by atoms with Crippen LogP contribution in [0.1, 0.15) is 24.0 Å². The molecule has 0 aliphatic carbocycles. The van der Waals surface area contributed by atoms with Crippen molar-refractivity contribution in [1.82, 2.24) is 4.72 Å². The van der Waals surface area contributed by atoms with E-state index in [0.717, 1.165) is 19.4 Å². The molecular formula is C14H20N2O3S2. The van der Waals surface area contributed by atoms with Gasteiger partial charge in [0.05, 0.1) is 11.5 Å². The first-order valence-electron chi connectivity index (χ1n) is 6.88. The fourth-order valence-corrected chi connectivity index (χ4v) is 3.85. The average Bonchev–Trinajstić information content (AvgIpc) is 2.46. The molecule has 0 bridgehead atoms. The molecule has 2 rings (SSSR count). The smallest absolute Gasteiger partial charge is 0.240 e. The molecule has 1 aromatic carbocycles. The maximum atomic E-state index is 12.4. The Morgan fingerprint density at radius 3 is 2.86 bits per heavy atom. The van der Waals surface area contributed by atoms with Crippen LogP contribution < -0.4 is 10.5 Å². The molecule has 21 heavy (non-hydrogen) atoms. The van der Waals surface area contributed by atoms with Crippen molar-refractivity contribution in [3.63, 3.8) is 0 Å². The highest BCUT2D eigenvalue weighted by Gasteiger charge is 2.20. The highest BCUT2D eigenvalue weighted by molar-refractivity contribution is 7.89. The third-order valence-electron chi connectivity index (χ3n) is 3.57. The number of nitrogens with one attached hydrogen (secondary N) is 1. The molecule has 0 radical (unpaired) electrons. The van der Waals surface area contributed by atoms with E-state index in [1.54, 1.807) is 25.1 Å². The number of benzene rings is 1. The fraction of sp³-hybridized carbons (Fsp3) is 0.500. The molecule has 3 N–H and O–H groups in total. The van der Waals surface area contributed by atoms with Gasteiger partial charge in [-0.05, 0) is 43.4 Å². The lowest BCUT2D eigenvalue weighted by molar-refractivity contribution is 0.0568. The average molecular weight is 328 g/mol. The first-order valence-corrected chi connectivity index (χ1v) is 8.77. The standard InChI is InChI=1S/C14H20N2O3S2/c1-10-7-12(14(15)20)4-5-13(10)21(17,18)16-8-11-3-2-6-19-9-11/h4-5,7,11,16H,2-3,6,8-9H2,1H3,(H2,15,20). The second-order valence-electron chi connectivity index (χ2n) is 5.28. The lowest BCUT2D eigenvalue weighted by atomic mass is 10.0. The third-order valence-corrected chi connectivity index (χ3v) is 5.39. The van der Waals surface area contributed by atoms with Crippen molar-refractivity contribution in [3.05, 3.63) is 29.3 Å². The van der Waals surface area contributed by atoms with E-state index >= 15 is 0 Å². The summed E-state index contributed by atoms with van der Waals surface area (Å²) < 4.78 is 32.7. The van der Waals surface area contributed by atoms with Crippen LogP contribution in [0, 0.1) is 12.8 Å². The van der Waals surface area contributed by atoms with Crippen molar-refractivity contribution in [3.8, 4) is 0 Å². The van der Waals surface area contributed by atoms with E-state index in [0.29, 0.717) is 24.3 Å². The predicted molar refractivity (Wildman–Crippen MR) is 85.8 cm³/mol. The van der Waals surface area contributed by atoms with Gasteiger partial charge in [-0.2, -0.15) is 0 Å². The van der Waals surface area contributed by atoms with Crippen molar-refractivity contribution in [1.29, 1.82) is 0 Å². The molecule has 0 aromatic heterocycles. The minimum Gasteiger partial charge on any atom is -0.389 e. The summed E-state index contributed by atoms with van der Waals surface area (Å²) >= 11 is 4.89. The molecule has 1 aromatic rings. The van der Waals surface area contributed by atoms with Crippen molar-refractivity contribution < 1.29 is 13.2 Å². The summed E-state index contributed by atoms with van der Waals surface area (Å²) in [5.41, 5.74) is 6.85. The molecule has 1 aliphatic rings. The van der Waals surface area contributed by atoms with E-state index in [2.05, 4.69) is 4.72 Å². The van der Waals surface area contributed by atoms with Gasteiger partial charge in [0, 0.05) is 18.7 Å². The number of aryl methyl sites for hydroxylation is 1. The zero-order chi connectivity index (χ0) is 15.5. The van der Waals surface area contributed by atoms with Crippen molar-refractivity contribution in [2.24, 2.45) is 11.7 Å². The first kappa shape index (κ1) is 16.4. The Kier molecular flexibility index (Phi) is 5.32. The maximum Gasteiger partial charge on any atom is 0.240 e. The molecule has 0 spiro atoms. The van der Waals surface area contributed by atoms with Gasteiger partial charge >= 0.3 is 0 Å². The number of thiocarbonyl (C=S) groups is 1. The van der Waals surface area contributed by atoms with E-state index in [9.17, 15) is 8.42 Å². The van der Waals surface area contributed by atoms with E-state index in [4.69, 9.17) is 22.7 Å². The molecule has 1 aliphatic heterocycles. The quantitative estimate of drug-likeness (QED) is 0.797. The van der Waals surface area contributed by atoms with Gasteiger partial charge in [-0.1, -0.05) is 18.3 Å². The molecule has 1 unspecified atom stereocenters. The molecule has 0 amide bonds. The zero-order valence-corrected chi connectivity index (χ0v) is 13.6. The Morgan fingerprint density at radius 2 is 2.29 bits per heavy atom. The molecule has 5 nitrogen and oxygen atoms in total. The number of hydrogen-bond acceptors (Lipinski definition) is 4. The summed E-state index contributed by atoms with van der Waals surface area (Å²) in [6, 6.07) is 4.87. The Bertz CT molecular complexity index is 623. The summed E-state index contributed by atoms with van der Waals surface area (Å²) in [6.07, 6.45) is 1.97. The monoisotopic (exact) mass is 328 g/mol. The van der Waals surface area contributed by atoms with Crippen LogP contribution in [-0.2, 0) is 14.8 Å². The van der Waals surface area contributed by atoms with Crippen LogP contribution in [0.25, 0.3) is 0 Å². The predicted octanol–water partition coefficient (Wildman–Crippen LogP) is 1.33. The minimum atomic E-state index is -3.52. The molecule has 1 fully saturated rings. The summed E-state index contributed by atoms with van der Waals surface area (Å²) in [7, 11) is -3.52. The summed E-state index contributed by atoms with van der Waals surface area (Å²) in [6.45, 7) is 3.52. The lowest BCUT2D eigenvalue weighted by Crippen LogP contribution is -2.33. The number of sulfonamides is 1. The van der Waals surface area contributed by atoms with Gasteiger partial charge in [0.15, 0.2) is 0 Å². The van der Waals surface area contributed by atoms with Crippen LogP contribution in [0.5, 0.6) is 0 Å². The van der Waals surface area contributed by atoms with E-state index in [1.807, 2.05) is 0 Å². The largest absolute Gasteiger partial charge is 0.389 e. The van der Waals surface area contributed by atoms with Gasteiger partial charge < -0.3 is 10.5 Å². The Labute approximate surface area is 130 Å². The topological polar surface area (TPSA) is 81.4 Å². The van der Waals surface area contributed by atoms with Crippen LogP contribution in [0.3, 0.4) is 0 Å². The van der Waals surface area contributed by atoms with Crippen LogP contribution >= 0.6 is 12.2 Å². The molecule has 1 saturated heterocycles. The third kappa shape index (κ3) is 4.23. The van der Waals surface area contributed by atoms with Crippen LogP contribution in [-0.4, -0.2) is 33.2 Å². The fourth-order valence-electron chi connectivity index (χ4n) is 2.38. The van der Waals surface area contributed by atoms with Crippen molar-refractivity contribution in [2.45, 2.75) is 24.7 Å². The van der Waals surface area contributed by atoms with Crippen molar-refractivity contribution in [2.75, 3.05) is 19.8 Å². The molecule has 0 saturated carbocycles. The number of ether oxygens (including phenoxy) is 1. The highest BCUT2D eigenvalue weighted by atomic mass is 32.2. The van der Waals surface area contributed by atoms with Gasteiger partial charge in [0.2, 0.25) is 10.0 Å². The minimum absolute atomic E-state index is 0.240. The lowest BCUT2D eigenvalue weighted by Gasteiger charge is -2.22. The summed E-state index contributed by atoms with van der Waals surface area (Å²) in [4.78, 5) is 0.522. The maximum absolute atomic E-state index is 12.4. The van der Waals surface area contributed by atoms with Gasteiger partial charge in [-0.3, -0.25) is 0 Å². The Balaban J connectivity index is 2.10. The Hall–Kier alpha value is -1.02. The number of rotatable bonds is 5. The van der Waals surface area contributed by atoms with E-state index < -0.39 is 10.0 Å². The number of hydrogen-bond donors (Lipinski definition) is 2. The van der Waals surface area contributed by atoms with Gasteiger partial charge in [-0.25, -0.2) is 13.1 Å². The molecule has 1 atom stereocenters. The molecule has 116 valence electrons. The van der Waals surface area contributed by atoms with E-state index in [-0.39, 0.29) is 15.8 Å². The Morgan fingerprint density at radius 1 is 1.52 bits per heavy atom. The second-order valence-corrected chi connectivity index (χ2v) is 7.45. The van der Waals surface area contributed by atoms with Crippen LogP contribution in [0.4, 0.5) is 0 Å². The SMILES string of the molecule is Cc1cc(C(N)=S)ccc1S(=O)(=O)NCC1CCCOC1. The number of nitrogens with two attached hydrogens (primary N) is 1. The molecule has 7 heteroatoms. The van der Waals surface area contributed by atoms with Gasteiger partial charge in [0.25, 0.3) is 0 Å². The van der Waals surface area contributed by atoms with Crippen molar-refractivity contribution >= 4 is 27.2 Å². The van der Waals surface area contributed by atoms with Gasteiger partial charge in [0.1, 0.15) is 4.99 Å². The summed E-state index contributed by atoms with van der Waals surface area (Å²) in [5, 5.41) is 0. The first-order chi connectivity index (χ1) is 9.90. The molecular weight excluding hydrogens is 308 g/mol. The van der Waals surface area contributed by atoms with Crippen LogP contribution in [0.15, 0.2) is 23.1 Å². The van der Waals surface area contributed by atoms with Crippen LogP contribution in [0.2, 0.25) is 0 Å². The molecule has 1 heterocycles. The summed E-state index contributed by atoms with van der Waals surface area (Å²) in [5.74, 6) is 0.240. The van der Waals surface area contributed by atoms with Gasteiger partial charge in [-0.15, -0.1) is 0 Å². The second kappa shape index (κ2) is 6.83. The highest BCUT2D eigenvalue weighted by Crippen LogP contribution is 2.18.